The van der Waals surface area contributed by atoms with Gasteiger partial charge in [-0.05, 0) is 13.8 Å². The third kappa shape index (κ3) is 4.42. The van der Waals surface area contributed by atoms with Crippen LogP contribution in [0, 0.1) is 0 Å². The first kappa shape index (κ1) is 14.6. The number of imide groups is 1. The van der Waals surface area contributed by atoms with E-state index < -0.39 is 5.97 Å². The number of rotatable bonds is 6. The molecule has 0 aromatic carbocycles. The van der Waals surface area contributed by atoms with E-state index in [1.165, 1.54) is 0 Å². The zero-order valence-electron chi connectivity index (χ0n) is 10.6. The van der Waals surface area contributed by atoms with Gasteiger partial charge >= 0.3 is 5.97 Å². The second kappa shape index (κ2) is 7.07. The van der Waals surface area contributed by atoms with E-state index in [4.69, 9.17) is 9.47 Å². The van der Waals surface area contributed by atoms with Gasteiger partial charge in [0.25, 0.3) is 0 Å². The molecule has 7 heteroatoms. The Balaban J connectivity index is 2.24. The average molecular weight is 258 g/mol. The molecule has 18 heavy (non-hydrogen) atoms. The number of hydrogen-bond donors (Lipinski definition) is 1. The molecule has 1 N–H and O–H groups in total. The first-order valence-electron chi connectivity index (χ1n) is 5.85. The lowest BCUT2D eigenvalue weighted by atomic mass is 10.2. The normalized spacial score (nSPS) is 20.7. The number of hydrogen-bond acceptors (Lipinski definition) is 6. The molecular formula is C11H18N2O5. The Hall–Kier alpha value is -1.47. The molecule has 1 atom stereocenters. The van der Waals surface area contributed by atoms with Crippen molar-refractivity contribution in [3.8, 4) is 0 Å². The summed E-state index contributed by atoms with van der Waals surface area (Å²) in [5, 5.41) is 2.25. The van der Waals surface area contributed by atoms with Gasteiger partial charge in [-0.15, -0.1) is 0 Å². The first-order valence-corrected chi connectivity index (χ1v) is 5.85. The van der Waals surface area contributed by atoms with Crippen LogP contribution in [0.1, 0.15) is 13.8 Å². The summed E-state index contributed by atoms with van der Waals surface area (Å²) in [6.45, 7) is 4.49. The van der Waals surface area contributed by atoms with E-state index >= 15 is 0 Å². The number of nitrogens with zero attached hydrogens (tertiary/aromatic N) is 1. The van der Waals surface area contributed by atoms with Gasteiger partial charge in [0.1, 0.15) is 6.61 Å². The highest BCUT2D eigenvalue weighted by Crippen LogP contribution is 2.03. The van der Waals surface area contributed by atoms with Crippen LogP contribution in [0.5, 0.6) is 0 Å². The molecule has 0 bridgehead atoms. The molecule has 1 aliphatic heterocycles. The van der Waals surface area contributed by atoms with E-state index in [-0.39, 0.29) is 37.6 Å². The van der Waals surface area contributed by atoms with Crippen LogP contribution in [0.15, 0.2) is 0 Å². The molecule has 1 saturated heterocycles. The molecule has 2 amide bonds. The lowest BCUT2D eigenvalue weighted by Gasteiger charge is -2.31. The van der Waals surface area contributed by atoms with E-state index in [0.29, 0.717) is 13.2 Å². The maximum atomic E-state index is 11.4. The minimum absolute atomic E-state index is 0.115. The van der Waals surface area contributed by atoms with Gasteiger partial charge < -0.3 is 9.47 Å². The van der Waals surface area contributed by atoms with Crippen molar-refractivity contribution >= 4 is 17.8 Å². The Bertz CT molecular complexity index is 331. The predicted molar refractivity (Wildman–Crippen MR) is 61.6 cm³/mol. The Morgan fingerprint density at radius 3 is 2.89 bits per heavy atom. The number of esters is 1. The molecule has 0 saturated carbocycles. The summed E-state index contributed by atoms with van der Waals surface area (Å²) >= 11 is 0. The van der Waals surface area contributed by atoms with Gasteiger partial charge in [0, 0.05) is 6.54 Å². The standard InChI is InChI=1S/C11H18N2O5/c1-3-18-10(15)7-17-5-4-13-6-9(14)12-11(16)8(13)2/h8H,3-7H2,1-2H3,(H,12,14,16). The van der Waals surface area contributed by atoms with Gasteiger partial charge in [0.05, 0.1) is 25.8 Å². The molecule has 0 aromatic rings. The number of ether oxygens (including phenoxy) is 2. The molecular weight excluding hydrogens is 240 g/mol. The van der Waals surface area contributed by atoms with E-state index in [1.807, 2.05) is 0 Å². The monoisotopic (exact) mass is 258 g/mol. The lowest BCUT2D eigenvalue weighted by molar-refractivity contribution is -0.149. The van der Waals surface area contributed by atoms with Gasteiger partial charge in [-0.25, -0.2) is 4.79 Å². The van der Waals surface area contributed by atoms with Gasteiger partial charge in [0.2, 0.25) is 11.8 Å². The van der Waals surface area contributed by atoms with E-state index in [2.05, 4.69) is 5.32 Å². The maximum absolute atomic E-state index is 11.4. The number of nitrogens with one attached hydrogen (secondary N) is 1. The van der Waals surface area contributed by atoms with Crippen LogP contribution in [0.25, 0.3) is 0 Å². The lowest BCUT2D eigenvalue weighted by Crippen LogP contribution is -2.57. The summed E-state index contributed by atoms with van der Waals surface area (Å²) in [5.74, 6) is -1.04. The minimum atomic E-state index is -0.419. The summed E-state index contributed by atoms with van der Waals surface area (Å²) in [5.41, 5.74) is 0. The fourth-order valence-electron chi connectivity index (χ4n) is 1.58. The van der Waals surface area contributed by atoms with Crippen LogP contribution in [-0.2, 0) is 23.9 Å². The molecule has 0 spiro atoms. The SMILES string of the molecule is CCOC(=O)COCCN1CC(=O)NC(=O)C1C. The highest BCUT2D eigenvalue weighted by atomic mass is 16.6. The summed E-state index contributed by atoms with van der Waals surface area (Å²) in [6, 6.07) is -0.367. The van der Waals surface area contributed by atoms with Crippen molar-refractivity contribution in [2.24, 2.45) is 0 Å². The first-order chi connectivity index (χ1) is 8.54. The molecule has 1 aliphatic rings. The quantitative estimate of drug-likeness (QED) is 0.370. The van der Waals surface area contributed by atoms with E-state index in [1.54, 1.807) is 18.7 Å². The van der Waals surface area contributed by atoms with Crippen LogP contribution in [0.3, 0.4) is 0 Å². The Kier molecular flexibility index (Phi) is 5.73. The third-order valence-corrected chi connectivity index (χ3v) is 2.58. The molecule has 1 unspecified atom stereocenters. The van der Waals surface area contributed by atoms with Crippen LogP contribution < -0.4 is 5.32 Å². The largest absolute Gasteiger partial charge is 0.464 e. The Morgan fingerprint density at radius 2 is 2.22 bits per heavy atom. The molecule has 102 valence electrons. The third-order valence-electron chi connectivity index (χ3n) is 2.58. The van der Waals surface area contributed by atoms with Crippen molar-refractivity contribution < 1.29 is 23.9 Å². The van der Waals surface area contributed by atoms with Crippen molar-refractivity contribution in [2.75, 3.05) is 32.9 Å². The highest BCUT2D eigenvalue weighted by Gasteiger charge is 2.29. The summed E-state index contributed by atoms with van der Waals surface area (Å²) in [7, 11) is 0. The number of amides is 2. The predicted octanol–water partition coefficient (Wildman–Crippen LogP) is -1.09. The number of piperazine rings is 1. The van der Waals surface area contributed by atoms with Crippen LogP contribution in [-0.4, -0.2) is 61.6 Å². The molecule has 1 rings (SSSR count). The number of carbonyl (C=O) groups excluding carboxylic acids is 3. The second-order valence-corrected chi connectivity index (χ2v) is 3.92. The maximum Gasteiger partial charge on any atom is 0.332 e. The topological polar surface area (TPSA) is 84.9 Å². The molecule has 7 nitrogen and oxygen atoms in total. The van der Waals surface area contributed by atoms with Crippen molar-refractivity contribution in [3.63, 3.8) is 0 Å². The molecule has 0 aromatic heterocycles. The molecule has 1 heterocycles. The van der Waals surface area contributed by atoms with Gasteiger partial charge in [-0.1, -0.05) is 0 Å². The summed E-state index contributed by atoms with van der Waals surface area (Å²) < 4.78 is 9.80. The summed E-state index contributed by atoms with van der Waals surface area (Å²) in [6.07, 6.45) is 0. The van der Waals surface area contributed by atoms with Gasteiger partial charge in [0.15, 0.2) is 0 Å². The van der Waals surface area contributed by atoms with Crippen molar-refractivity contribution in [1.29, 1.82) is 0 Å². The summed E-state index contributed by atoms with van der Waals surface area (Å²) in [4.78, 5) is 35.2. The van der Waals surface area contributed by atoms with E-state index in [0.717, 1.165) is 0 Å². The van der Waals surface area contributed by atoms with Crippen LogP contribution in [0.4, 0.5) is 0 Å². The average Bonchev–Trinajstić information content (AvgIpc) is 2.31. The fraction of sp³-hybridized carbons (Fsp3) is 0.727. The van der Waals surface area contributed by atoms with Crippen molar-refractivity contribution in [2.45, 2.75) is 19.9 Å². The van der Waals surface area contributed by atoms with Gasteiger partial charge in [-0.2, -0.15) is 0 Å². The smallest absolute Gasteiger partial charge is 0.332 e. The van der Waals surface area contributed by atoms with Crippen molar-refractivity contribution in [1.82, 2.24) is 10.2 Å². The molecule has 0 radical (unpaired) electrons. The zero-order chi connectivity index (χ0) is 13.5. The second-order valence-electron chi connectivity index (χ2n) is 3.92. The molecule has 1 fully saturated rings. The van der Waals surface area contributed by atoms with E-state index in [9.17, 15) is 14.4 Å². The van der Waals surface area contributed by atoms with Gasteiger partial charge in [-0.3, -0.25) is 19.8 Å². The Morgan fingerprint density at radius 1 is 1.50 bits per heavy atom. The van der Waals surface area contributed by atoms with Crippen LogP contribution >= 0.6 is 0 Å². The van der Waals surface area contributed by atoms with Crippen LogP contribution in [0.2, 0.25) is 0 Å². The Labute approximate surface area is 105 Å². The zero-order valence-corrected chi connectivity index (χ0v) is 10.6. The minimum Gasteiger partial charge on any atom is -0.464 e. The number of carbonyl (C=O) groups is 3. The molecule has 0 aliphatic carbocycles. The highest BCUT2D eigenvalue weighted by molar-refractivity contribution is 6.00. The fourth-order valence-corrected chi connectivity index (χ4v) is 1.58. The van der Waals surface area contributed by atoms with Crippen molar-refractivity contribution in [3.05, 3.63) is 0 Å².